The Morgan fingerprint density at radius 3 is 1.56 bits per heavy atom. The van der Waals surface area contributed by atoms with Crippen LogP contribution in [0.4, 0.5) is 0 Å². The molecule has 0 radical (unpaired) electrons. The van der Waals surface area contributed by atoms with Crippen LogP contribution < -0.4 is 5.32 Å². The van der Waals surface area contributed by atoms with Crippen LogP contribution >= 0.6 is 0 Å². The normalized spacial score (nSPS) is 14.0. The molecule has 0 aliphatic carbocycles. The second kappa shape index (κ2) is 6.93. The maximum Gasteiger partial charge on any atom is 0.0127 e. The van der Waals surface area contributed by atoms with Crippen molar-refractivity contribution < 1.29 is 0 Å². The fourth-order valence-electron chi connectivity index (χ4n) is 4.01. The molecule has 18 heavy (non-hydrogen) atoms. The van der Waals surface area contributed by atoms with E-state index in [1.165, 1.54) is 38.5 Å². The molecular weight excluding hydrogens is 218 g/mol. The second-order valence-corrected chi connectivity index (χ2v) is 7.96. The zero-order chi connectivity index (χ0) is 14.4. The number of rotatable bonds is 9. The summed E-state index contributed by atoms with van der Waals surface area (Å²) in [6, 6.07) is 0. The van der Waals surface area contributed by atoms with Gasteiger partial charge in [0.25, 0.3) is 0 Å². The van der Waals surface area contributed by atoms with Gasteiger partial charge in [-0.15, -0.1) is 0 Å². The first kappa shape index (κ1) is 18.0. The molecule has 0 aliphatic heterocycles. The SMILES string of the molecule is CCCC(C)(CCC)CC(C)(C)CC(C)(C)NC. The van der Waals surface area contributed by atoms with E-state index in [2.05, 4.69) is 60.8 Å². The summed E-state index contributed by atoms with van der Waals surface area (Å²) < 4.78 is 0. The second-order valence-electron chi connectivity index (χ2n) is 7.96. The maximum atomic E-state index is 3.45. The average molecular weight is 255 g/mol. The molecule has 0 saturated heterocycles. The van der Waals surface area contributed by atoms with Gasteiger partial charge in [0.05, 0.1) is 0 Å². The fraction of sp³-hybridized carbons (Fsp3) is 1.00. The Balaban J connectivity index is 4.69. The molecule has 0 rings (SSSR count). The average Bonchev–Trinajstić information content (AvgIpc) is 2.15. The highest BCUT2D eigenvalue weighted by atomic mass is 14.9. The van der Waals surface area contributed by atoms with Crippen LogP contribution in [-0.4, -0.2) is 12.6 Å². The molecule has 0 aromatic heterocycles. The Kier molecular flexibility index (Phi) is 6.92. The summed E-state index contributed by atoms with van der Waals surface area (Å²) in [4.78, 5) is 0. The van der Waals surface area contributed by atoms with Crippen LogP contribution in [0.25, 0.3) is 0 Å². The smallest absolute Gasteiger partial charge is 0.0127 e. The minimum Gasteiger partial charge on any atom is -0.315 e. The Morgan fingerprint density at radius 1 is 0.778 bits per heavy atom. The van der Waals surface area contributed by atoms with Crippen molar-refractivity contribution >= 4 is 0 Å². The number of nitrogens with one attached hydrogen (secondary N) is 1. The molecular formula is C17H37N. The van der Waals surface area contributed by atoms with Crippen molar-refractivity contribution in [3.63, 3.8) is 0 Å². The van der Waals surface area contributed by atoms with Gasteiger partial charge in [0.2, 0.25) is 0 Å². The molecule has 1 nitrogen and oxygen atoms in total. The molecule has 1 N–H and O–H groups in total. The van der Waals surface area contributed by atoms with Gasteiger partial charge in [-0.05, 0) is 57.4 Å². The van der Waals surface area contributed by atoms with Crippen LogP contribution in [0.15, 0.2) is 0 Å². The van der Waals surface area contributed by atoms with E-state index in [9.17, 15) is 0 Å². The first-order valence-electron chi connectivity index (χ1n) is 7.79. The van der Waals surface area contributed by atoms with Crippen molar-refractivity contribution in [2.24, 2.45) is 10.8 Å². The summed E-state index contributed by atoms with van der Waals surface area (Å²) >= 11 is 0. The topological polar surface area (TPSA) is 12.0 Å². The van der Waals surface area contributed by atoms with Gasteiger partial charge < -0.3 is 5.32 Å². The van der Waals surface area contributed by atoms with E-state index in [-0.39, 0.29) is 5.54 Å². The summed E-state index contributed by atoms with van der Waals surface area (Å²) in [5.74, 6) is 0. The summed E-state index contributed by atoms with van der Waals surface area (Å²) in [6.07, 6.45) is 7.92. The summed E-state index contributed by atoms with van der Waals surface area (Å²) in [7, 11) is 2.08. The zero-order valence-corrected chi connectivity index (χ0v) is 14.2. The van der Waals surface area contributed by atoms with Crippen molar-refractivity contribution in [3.8, 4) is 0 Å². The monoisotopic (exact) mass is 255 g/mol. The van der Waals surface area contributed by atoms with Gasteiger partial charge in [-0.3, -0.25) is 0 Å². The predicted molar refractivity (Wildman–Crippen MR) is 84.1 cm³/mol. The van der Waals surface area contributed by atoms with Crippen LogP contribution in [-0.2, 0) is 0 Å². The third-order valence-corrected chi connectivity index (χ3v) is 4.21. The van der Waals surface area contributed by atoms with E-state index < -0.39 is 0 Å². The van der Waals surface area contributed by atoms with Crippen LogP contribution in [0.2, 0.25) is 0 Å². The highest BCUT2D eigenvalue weighted by molar-refractivity contribution is 4.88. The Morgan fingerprint density at radius 2 is 1.22 bits per heavy atom. The highest BCUT2D eigenvalue weighted by Crippen LogP contribution is 2.44. The molecule has 0 bridgehead atoms. The van der Waals surface area contributed by atoms with E-state index in [0.717, 1.165) is 0 Å². The number of hydrogen-bond donors (Lipinski definition) is 1. The van der Waals surface area contributed by atoms with Crippen molar-refractivity contribution in [2.75, 3.05) is 7.05 Å². The minimum absolute atomic E-state index is 0.239. The molecule has 110 valence electrons. The van der Waals surface area contributed by atoms with Gasteiger partial charge in [-0.1, -0.05) is 47.5 Å². The molecule has 0 fully saturated rings. The predicted octanol–water partition coefficient (Wildman–Crippen LogP) is 5.40. The van der Waals surface area contributed by atoms with Crippen LogP contribution in [0, 0.1) is 10.8 Å². The lowest BCUT2D eigenvalue weighted by atomic mass is 9.66. The Labute approximate surface area is 116 Å². The van der Waals surface area contributed by atoms with E-state index in [1.807, 2.05) is 0 Å². The summed E-state index contributed by atoms with van der Waals surface area (Å²) in [5, 5.41) is 3.45. The van der Waals surface area contributed by atoms with Crippen molar-refractivity contribution in [1.29, 1.82) is 0 Å². The highest BCUT2D eigenvalue weighted by Gasteiger charge is 2.34. The van der Waals surface area contributed by atoms with E-state index >= 15 is 0 Å². The van der Waals surface area contributed by atoms with Gasteiger partial charge in [0, 0.05) is 5.54 Å². The lowest BCUT2D eigenvalue weighted by Gasteiger charge is -2.41. The molecule has 1 heteroatoms. The van der Waals surface area contributed by atoms with Gasteiger partial charge in [0.1, 0.15) is 0 Å². The number of hydrogen-bond acceptors (Lipinski definition) is 1. The largest absolute Gasteiger partial charge is 0.315 e. The van der Waals surface area contributed by atoms with Gasteiger partial charge >= 0.3 is 0 Å². The Hall–Kier alpha value is -0.0400. The van der Waals surface area contributed by atoms with Crippen LogP contribution in [0.5, 0.6) is 0 Å². The van der Waals surface area contributed by atoms with E-state index in [1.54, 1.807) is 0 Å². The summed E-state index contributed by atoms with van der Waals surface area (Å²) in [5.41, 5.74) is 1.17. The maximum absolute atomic E-state index is 3.45. The van der Waals surface area contributed by atoms with Gasteiger partial charge in [0.15, 0.2) is 0 Å². The molecule has 0 aliphatic rings. The van der Waals surface area contributed by atoms with Gasteiger partial charge in [-0.2, -0.15) is 0 Å². The molecule has 0 spiro atoms. The Bertz CT molecular complexity index is 222. The molecule has 0 heterocycles. The molecule has 0 amide bonds. The standard InChI is InChI=1S/C17H37N/c1-9-11-17(7,12-10-2)14-15(3,4)13-16(5,6)18-8/h18H,9-14H2,1-8H3. The minimum atomic E-state index is 0.239. The van der Waals surface area contributed by atoms with Crippen molar-refractivity contribution in [3.05, 3.63) is 0 Å². The zero-order valence-electron chi connectivity index (χ0n) is 14.2. The molecule has 0 saturated carbocycles. The first-order chi connectivity index (χ1) is 8.10. The van der Waals surface area contributed by atoms with Crippen molar-refractivity contribution in [1.82, 2.24) is 5.32 Å². The molecule has 0 aromatic carbocycles. The molecule has 0 atom stereocenters. The van der Waals surface area contributed by atoms with Crippen LogP contribution in [0.3, 0.4) is 0 Å². The summed E-state index contributed by atoms with van der Waals surface area (Å²) in [6.45, 7) is 16.6. The third-order valence-electron chi connectivity index (χ3n) is 4.21. The van der Waals surface area contributed by atoms with Crippen molar-refractivity contribution in [2.45, 2.75) is 92.5 Å². The van der Waals surface area contributed by atoms with E-state index in [0.29, 0.717) is 10.8 Å². The lowest BCUT2D eigenvalue weighted by molar-refractivity contribution is 0.115. The molecule has 0 unspecified atom stereocenters. The lowest BCUT2D eigenvalue weighted by Crippen LogP contribution is -2.41. The fourth-order valence-corrected chi connectivity index (χ4v) is 4.01. The molecule has 0 aromatic rings. The van der Waals surface area contributed by atoms with E-state index in [4.69, 9.17) is 0 Å². The van der Waals surface area contributed by atoms with Crippen LogP contribution in [0.1, 0.15) is 87.0 Å². The quantitative estimate of drug-likeness (QED) is 0.582. The third kappa shape index (κ3) is 6.78. The van der Waals surface area contributed by atoms with Gasteiger partial charge in [-0.25, -0.2) is 0 Å². The first-order valence-corrected chi connectivity index (χ1v) is 7.79.